The highest BCUT2D eigenvalue weighted by atomic mass is 19.2. The fourth-order valence-corrected chi connectivity index (χ4v) is 3.95. The highest BCUT2D eigenvalue weighted by molar-refractivity contribution is 5.92. The lowest BCUT2D eigenvalue weighted by atomic mass is 10.00. The number of halogens is 3. The first-order valence-corrected chi connectivity index (χ1v) is 11.6. The van der Waals surface area contributed by atoms with Crippen LogP contribution in [0.5, 0.6) is 5.75 Å². The van der Waals surface area contributed by atoms with Gasteiger partial charge in [-0.2, -0.15) is 0 Å². The quantitative estimate of drug-likeness (QED) is 0.199. The first-order valence-electron chi connectivity index (χ1n) is 11.6. The SMILES string of the molecule is CCCc1ccc(-c2ccc(C(=O)Oc3ccc(-c4ccc(CC)cc4F)cc3)c(F)c2F)cc1. The van der Waals surface area contributed by atoms with Crippen molar-refractivity contribution in [3.8, 4) is 28.0 Å². The summed E-state index contributed by atoms with van der Waals surface area (Å²) in [5.74, 6) is -3.59. The van der Waals surface area contributed by atoms with Crippen LogP contribution in [-0.2, 0) is 12.8 Å². The zero-order chi connectivity index (χ0) is 24.9. The molecule has 0 atom stereocenters. The van der Waals surface area contributed by atoms with Crippen LogP contribution in [0.3, 0.4) is 0 Å². The molecule has 0 aliphatic heterocycles. The number of carbonyl (C=O) groups excluding carboxylic acids is 1. The second kappa shape index (κ2) is 10.6. The summed E-state index contributed by atoms with van der Waals surface area (Å²) in [5, 5.41) is 0. The van der Waals surface area contributed by atoms with E-state index in [9.17, 15) is 18.0 Å². The molecule has 0 unspecified atom stereocenters. The molecule has 0 N–H and O–H groups in total. The van der Waals surface area contributed by atoms with Gasteiger partial charge in [0.25, 0.3) is 0 Å². The highest BCUT2D eigenvalue weighted by Crippen LogP contribution is 2.29. The van der Waals surface area contributed by atoms with Crippen LogP contribution >= 0.6 is 0 Å². The number of benzene rings is 4. The third-order valence-corrected chi connectivity index (χ3v) is 5.92. The van der Waals surface area contributed by atoms with Gasteiger partial charge in [-0.1, -0.05) is 74.9 Å². The van der Waals surface area contributed by atoms with Crippen LogP contribution in [0, 0.1) is 17.5 Å². The van der Waals surface area contributed by atoms with Gasteiger partial charge in [0.2, 0.25) is 0 Å². The maximum atomic E-state index is 14.8. The largest absolute Gasteiger partial charge is 0.423 e. The van der Waals surface area contributed by atoms with E-state index < -0.39 is 23.2 Å². The standard InChI is InChI=1S/C30H25F3O2/c1-3-5-20-6-9-22(10-7-20)25-16-17-26(29(33)28(25)32)30(34)35-23-13-11-21(12-14-23)24-15-8-19(4-2)18-27(24)31/h6-18H,3-5H2,1-2H3. The zero-order valence-electron chi connectivity index (χ0n) is 19.6. The summed E-state index contributed by atoms with van der Waals surface area (Å²) in [6.07, 6.45) is 2.63. The first-order chi connectivity index (χ1) is 16.9. The molecule has 178 valence electrons. The Kier molecular flexibility index (Phi) is 7.35. The minimum Gasteiger partial charge on any atom is -0.423 e. The topological polar surface area (TPSA) is 26.3 Å². The lowest BCUT2D eigenvalue weighted by Crippen LogP contribution is -2.12. The van der Waals surface area contributed by atoms with Gasteiger partial charge in [-0.25, -0.2) is 18.0 Å². The molecule has 0 aromatic heterocycles. The van der Waals surface area contributed by atoms with E-state index in [1.165, 1.54) is 30.3 Å². The number of aryl methyl sites for hydroxylation is 2. The van der Waals surface area contributed by atoms with Gasteiger partial charge >= 0.3 is 5.97 Å². The molecule has 0 amide bonds. The molecule has 4 aromatic carbocycles. The molecule has 0 spiro atoms. The van der Waals surface area contributed by atoms with Crippen molar-refractivity contribution in [1.29, 1.82) is 0 Å². The van der Waals surface area contributed by atoms with Crippen LogP contribution in [-0.4, -0.2) is 5.97 Å². The molecule has 0 saturated heterocycles. The fraction of sp³-hybridized carbons (Fsp3) is 0.167. The Bertz CT molecular complexity index is 1340. The van der Waals surface area contributed by atoms with Crippen LogP contribution in [0.2, 0.25) is 0 Å². The molecule has 0 bridgehead atoms. The Hall–Kier alpha value is -3.86. The maximum absolute atomic E-state index is 14.8. The summed E-state index contributed by atoms with van der Waals surface area (Å²) in [6.45, 7) is 4.02. The van der Waals surface area contributed by atoms with E-state index >= 15 is 0 Å². The maximum Gasteiger partial charge on any atom is 0.346 e. The number of ether oxygens (including phenoxy) is 1. The van der Waals surface area contributed by atoms with Gasteiger partial charge in [0.15, 0.2) is 11.6 Å². The van der Waals surface area contributed by atoms with E-state index in [0.717, 1.165) is 30.4 Å². The monoisotopic (exact) mass is 474 g/mol. The number of hydrogen-bond acceptors (Lipinski definition) is 2. The lowest BCUT2D eigenvalue weighted by Gasteiger charge is -2.10. The van der Waals surface area contributed by atoms with Gasteiger partial charge < -0.3 is 4.74 Å². The average molecular weight is 475 g/mol. The van der Waals surface area contributed by atoms with E-state index in [4.69, 9.17) is 4.74 Å². The van der Waals surface area contributed by atoms with Crippen LogP contribution in [0.15, 0.2) is 78.9 Å². The number of esters is 1. The molecule has 4 aromatic rings. The molecular formula is C30H25F3O2. The van der Waals surface area contributed by atoms with Crippen molar-refractivity contribution in [1.82, 2.24) is 0 Å². The molecule has 0 fully saturated rings. The Morgan fingerprint density at radius 3 is 1.94 bits per heavy atom. The lowest BCUT2D eigenvalue weighted by molar-refractivity contribution is 0.0728. The number of carbonyl (C=O) groups is 1. The van der Waals surface area contributed by atoms with E-state index in [2.05, 4.69) is 6.92 Å². The zero-order valence-corrected chi connectivity index (χ0v) is 19.6. The summed E-state index contributed by atoms with van der Waals surface area (Å²) < 4.78 is 49.2. The summed E-state index contributed by atoms with van der Waals surface area (Å²) >= 11 is 0. The minimum atomic E-state index is -1.26. The fourth-order valence-electron chi connectivity index (χ4n) is 3.95. The normalized spacial score (nSPS) is 10.9. The Morgan fingerprint density at radius 1 is 0.714 bits per heavy atom. The van der Waals surface area contributed by atoms with Crippen molar-refractivity contribution in [2.75, 3.05) is 0 Å². The summed E-state index contributed by atoms with van der Waals surface area (Å²) in [5.41, 5.74) is 3.13. The van der Waals surface area contributed by atoms with Crippen LogP contribution < -0.4 is 4.74 Å². The number of rotatable bonds is 7. The van der Waals surface area contributed by atoms with E-state index in [1.54, 1.807) is 30.3 Å². The van der Waals surface area contributed by atoms with Gasteiger partial charge in [-0.15, -0.1) is 0 Å². The van der Waals surface area contributed by atoms with E-state index in [1.807, 2.05) is 25.1 Å². The highest BCUT2D eigenvalue weighted by Gasteiger charge is 2.21. The van der Waals surface area contributed by atoms with Crippen molar-refractivity contribution in [2.45, 2.75) is 33.1 Å². The predicted octanol–water partition coefficient (Wildman–Crippen LogP) is 8.17. The van der Waals surface area contributed by atoms with Gasteiger partial charge in [-0.3, -0.25) is 0 Å². The molecule has 2 nitrogen and oxygen atoms in total. The van der Waals surface area contributed by atoms with Crippen LogP contribution in [0.4, 0.5) is 13.2 Å². The predicted molar refractivity (Wildman–Crippen MR) is 132 cm³/mol. The van der Waals surface area contributed by atoms with Crippen LogP contribution in [0.1, 0.15) is 41.8 Å². The smallest absolute Gasteiger partial charge is 0.346 e. The third-order valence-electron chi connectivity index (χ3n) is 5.92. The van der Waals surface area contributed by atoms with Gasteiger partial charge in [0.1, 0.15) is 11.6 Å². The Balaban J connectivity index is 1.51. The molecule has 0 aliphatic rings. The molecule has 4 rings (SSSR count). The van der Waals surface area contributed by atoms with Crippen molar-refractivity contribution < 1.29 is 22.7 Å². The summed E-state index contributed by atoms with van der Waals surface area (Å²) in [7, 11) is 0. The molecule has 0 saturated carbocycles. The van der Waals surface area contributed by atoms with Crippen molar-refractivity contribution in [3.63, 3.8) is 0 Å². The summed E-state index contributed by atoms with van der Waals surface area (Å²) in [6, 6.07) is 21.1. The number of hydrogen-bond donors (Lipinski definition) is 0. The Labute approximate surface area is 203 Å². The second-order valence-electron chi connectivity index (χ2n) is 8.32. The van der Waals surface area contributed by atoms with Gasteiger partial charge in [0, 0.05) is 11.1 Å². The van der Waals surface area contributed by atoms with Gasteiger partial charge in [-0.05, 0) is 59.4 Å². The molecule has 0 heterocycles. The molecule has 5 heteroatoms. The molecular weight excluding hydrogens is 449 g/mol. The minimum absolute atomic E-state index is 0.0718. The van der Waals surface area contributed by atoms with Crippen LogP contribution in [0.25, 0.3) is 22.3 Å². The average Bonchev–Trinajstić information content (AvgIpc) is 2.87. The van der Waals surface area contributed by atoms with Gasteiger partial charge in [0.05, 0.1) is 5.56 Å². The molecule has 35 heavy (non-hydrogen) atoms. The van der Waals surface area contributed by atoms with E-state index in [0.29, 0.717) is 16.7 Å². The molecule has 0 radical (unpaired) electrons. The van der Waals surface area contributed by atoms with E-state index in [-0.39, 0.29) is 17.1 Å². The third kappa shape index (κ3) is 5.29. The first kappa shape index (κ1) is 24.3. The van der Waals surface area contributed by atoms with Crippen molar-refractivity contribution in [2.24, 2.45) is 0 Å². The van der Waals surface area contributed by atoms with Crippen molar-refractivity contribution >= 4 is 5.97 Å². The summed E-state index contributed by atoms with van der Waals surface area (Å²) in [4.78, 5) is 12.5. The molecule has 0 aliphatic carbocycles. The second-order valence-corrected chi connectivity index (χ2v) is 8.32. The Morgan fingerprint density at radius 2 is 1.31 bits per heavy atom. The van der Waals surface area contributed by atoms with Crippen molar-refractivity contribution in [3.05, 3.63) is 113 Å².